The Morgan fingerprint density at radius 3 is 2.44 bits per heavy atom. The minimum Gasteiger partial charge on any atom is -0.303 e. The van der Waals surface area contributed by atoms with E-state index < -0.39 is 0 Å². The molecular formula is C23H27NO3. The van der Waals surface area contributed by atoms with Gasteiger partial charge in [0.1, 0.15) is 5.78 Å². The Labute approximate surface area is 160 Å². The van der Waals surface area contributed by atoms with Crippen molar-refractivity contribution in [3.63, 3.8) is 0 Å². The summed E-state index contributed by atoms with van der Waals surface area (Å²) in [5, 5.41) is 0. The second-order valence-electron chi connectivity index (χ2n) is 8.47. The summed E-state index contributed by atoms with van der Waals surface area (Å²) in [6.07, 6.45) is 3.35. The van der Waals surface area contributed by atoms with Crippen LogP contribution < -0.4 is 0 Å². The maximum absolute atomic E-state index is 13.2. The highest BCUT2D eigenvalue weighted by Gasteiger charge is 2.43. The quantitative estimate of drug-likeness (QED) is 0.819. The number of carbonyl (C=O) groups is 3. The average Bonchev–Trinajstić information content (AvgIpc) is 2.67. The summed E-state index contributed by atoms with van der Waals surface area (Å²) in [5.41, 5.74) is 2.03. The third-order valence-corrected chi connectivity index (χ3v) is 6.59. The van der Waals surface area contributed by atoms with Crippen molar-refractivity contribution in [2.45, 2.75) is 39.5 Å². The first-order valence-corrected chi connectivity index (χ1v) is 10.1. The molecule has 1 saturated heterocycles. The zero-order valence-electron chi connectivity index (χ0n) is 16.2. The normalized spacial score (nSPS) is 29.0. The van der Waals surface area contributed by atoms with Crippen LogP contribution in [0.5, 0.6) is 0 Å². The molecule has 0 N–H and O–H groups in total. The Hall–Kier alpha value is -2.07. The molecule has 3 atom stereocenters. The van der Waals surface area contributed by atoms with E-state index in [1.807, 2.05) is 6.92 Å². The summed E-state index contributed by atoms with van der Waals surface area (Å²) in [5.74, 6) is 0.264. The fourth-order valence-corrected chi connectivity index (χ4v) is 5.03. The van der Waals surface area contributed by atoms with Gasteiger partial charge in [-0.2, -0.15) is 0 Å². The van der Waals surface area contributed by atoms with E-state index in [-0.39, 0.29) is 35.6 Å². The molecule has 0 radical (unpaired) electrons. The molecule has 1 aromatic rings. The van der Waals surface area contributed by atoms with E-state index in [2.05, 4.69) is 11.8 Å². The van der Waals surface area contributed by atoms with E-state index in [0.29, 0.717) is 28.2 Å². The van der Waals surface area contributed by atoms with Gasteiger partial charge in [-0.3, -0.25) is 14.4 Å². The summed E-state index contributed by atoms with van der Waals surface area (Å²) < 4.78 is 0. The molecule has 1 aliphatic heterocycles. The fraction of sp³-hybridized carbons (Fsp3) is 0.522. The standard InChI is InChI=1S/C23H27NO3/c1-14-6-5-10-24(13-14)11-9-16-15(2)20(25)12-19-21(16)23(27)18-8-4-3-7-17(18)22(19)26/h3-4,7-8,14-16H,5-6,9-13H2,1-2H3. The highest BCUT2D eigenvalue weighted by Crippen LogP contribution is 2.41. The number of ketones is 3. The number of allylic oxidation sites excluding steroid dienone is 2. The van der Waals surface area contributed by atoms with Crippen molar-refractivity contribution in [1.29, 1.82) is 0 Å². The van der Waals surface area contributed by atoms with Gasteiger partial charge < -0.3 is 4.90 Å². The highest BCUT2D eigenvalue weighted by atomic mass is 16.1. The molecule has 4 nitrogen and oxygen atoms in total. The number of benzene rings is 1. The SMILES string of the molecule is CC1CCCN(CCC2C3=C(CC(=O)C2C)C(=O)c2ccccc2C3=O)C1. The molecule has 0 spiro atoms. The molecular weight excluding hydrogens is 338 g/mol. The lowest BCUT2D eigenvalue weighted by Crippen LogP contribution is -2.40. The number of nitrogens with zero attached hydrogens (tertiary/aromatic N) is 1. The number of Topliss-reactive ketones (excluding diaryl/α,β-unsaturated/α-hetero) is 3. The van der Waals surface area contributed by atoms with E-state index in [1.165, 1.54) is 12.8 Å². The number of rotatable bonds is 3. The molecule has 0 aromatic heterocycles. The minimum atomic E-state index is -0.201. The average molecular weight is 365 g/mol. The van der Waals surface area contributed by atoms with Gasteiger partial charge in [-0.25, -0.2) is 0 Å². The highest BCUT2D eigenvalue weighted by molar-refractivity contribution is 6.28. The van der Waals surface area contributed by atoms with Crippen molar-refractivity contribution in [2.24, 2.45) is 17.8 Å². The number of hydrogen-bond donors (Lipinski definition) is 0. The van der Waals surface area contributed by atoms with E-state index in [0.717, 1.165) is 26.1 Å². The maximum Gasteiger partial charge on any atom is 0.190 e. The molecule has 4 heteroatoms. The van der Waals surface area contributed by atoms with Crippen molar-refractivity contribution >= 4 is 17.3 Å². The smallest absolute Gasteiger partial charge is 0.190 e. The Balaban J connectivity index is 1.64. The van der Waals surface area contributed by atoms with Crippen molar-refractivity contribution in [3.05, 3.63) is 46.5 Å². The number of likely N-dealkylation sites (tertiary alicyclic amines) is 1. The predicted molar refractivity (Wildman–Crippen MR) is 104 cm³/mol. The minimum absolute atomic E-state index is 0.0448. The van der Waals surface area contributed by atoms with Gasteiger partial charge in [0, 0.05) is 41.2 Å². The summed E-state index contributed by atoms with van der Waals surface area (Å²) in [6.45, 7) is 7.25. The zero-order valence-corrected chi connectivity index (χ0v) is 16.2. The van der Waals surface area contributed by atoms with Crippen LogP contribution in [0.4, 0.5) is 0 Å². The monoisotopic (exact) mass is 365 g/mol. The fourth-order valence-electron chi connectivity index (χ4n) is 5.03. The first-order chi connectivity index (χ1) is 13.0. The molecule has 1 fully saturated rings. The van der Waals surface area contributed by atoms with Gasteiger partial charge in [0.2, 0.25) is 0 Å². The molecule has 0 bridgehead atoms. The maximum atomic E-state index is 13.2. The largest absolute Gasteiger partial charge is 0.303 e. The molecule has 4 rings (SSSR count). The molecule has 2 aliphatic carbocycles. The van der Waals surface area contributed by atoms with Crippen LogP contribution in [0.25, 0.3) is 0 Å². The lowest BCUT2D eigenvalue weighted by molar-refractivity contribution is -0.123. The molecule has 0 amide bonds. The Morgan fingerprint density at radius 2 is 1.74 bits per heavy atom. The third-order valence-electron chi connectivity index (χ3n) is 6.59. The van der Waals surface area contributed by atoms with Crippen LogP contribution in [0.15, 0.2) is 35.4 Å². The lowest BCUT2D eigenvalue weighted by atomic mass is 9.67. The topological polar surface area (TPSA) is 54.5 Å². The number of piperidine rings is 1. The van der Waals surface area contributed by atoms with Crippen molar-refractivity contribution < 1.29 is 14.4 Å². The van der Waals surface area contributed by atoms with Gasteiger partial charge >= 0.3 is 0 Å². The zero-order chi connectivity index (χ0) is 19.1. The van der Waals surface area contributed by atoms with Crippen molar-refractivity contribution in [3.8, 4) is 0 Å². The summed E-state index contributed by atoms with van der Waals surface area (Å²) in [7, 11) is 0. The van der Waals surface area contributed by atoms with Gasteiger partial charge in [-0.05, 0) is 44.2 Å². The Bertz CT molecular complexity index is 838. The summed E-state index contributed by atoms with van der Waals surface area (Å²) in [6, 6.07) is 7.02. The van der Waals surface area contributed by atoms with Crippen molar-refractivity contribution in [1.82, 2.24) is 4.90 Å². The van der Waals surface area contributed by atoms with E-state index in [4.69, 9.17) is 0 Å². The molecule has 3 aliphatic rings. The van der Waals surface area contributed by atoms with Gasteiger partial charge in [0.25, 0.3) is 0 Å². The van der Waals surface area contributed by atoms with Crippen LogP contribution >= 0.6 is 0 Å². The van der Waals surface area contributed by atoms with E-state index in [1.54, 1.807) is 24.3 Å². The number of fused-ring (bicyclic) bond motifs is 1. The van der Waals surface area contributed by atoms with Crippen LogP contribution in [0.2, 0.25) is 0 Å². The van der Waals surface area contributed by atoms with Gasteiger partial charge in [-0.1, -0.05) is 38.1 Å². The van der Waals surface area contributed by atoms with Crippen molar-refractivity contribution in [2.75, 3.05) is 19.6 Å². The molecule has 0 saturated carbocycles. The Kier molecular flexibility index (Phi) is 4.85. The van der Waals surface area contributed by atoms with Gasteiger partial charge in [-0.15, -0.1) is 0 Å². The number of hydrogen-bond acceptors (Lipinski definition) is 4. The van der Waals surface area contributed by atoms with E-state index in [9.17, 15) is 14.4 Å². The van der Waals surface area contributed by atoms with Gasteiger partial charge in [0.15, 0.2) is 11.6 Å². The molecule has 1 heterocycles. The van der Waals surface area contributed by atoms with Crippen LogP contribution in [0, 0.1) is 17.8 Å². The lowest BCUT2D eigenvalue weighted by Gasteiger charge is -2.37. The third kappa shape index (κ3) is 3.20. The van der Waals surface area contributed by atoms with Crippen LogP contribution in [0.1, 0.15) is 60.2 Å². The van der Waals surface area contributed by atoms with Gasteiger partial charge in [0.05, 0.1) is 0 Å². The van der Waals surface area contributed by atoms with E-state index >= 15 is 0 Å². The summed E-state index contributed by atoms with van der Waals surface area (Å²) in [4.78, 5) is 41.3. The molecule has 27 heavy (non-hydrogen) atoms. The second-order valence-corrected chi connectivity index (χ2v) is 8.47. The summed E-state index contributed by atoms with van der Waals surface area (Å²) >= 11 is 0. The molecule has 142 valence electrons. The van der Waals surface area contributed by atoms with Crippen LogP contribution in [0.3, 0.4) is 0 Å². The van der Waals surface area contributed by atoms with Crippen LogP contribution in [-0.4, -0.2) is 41.9 Å². The molecule has 3 unspecified atom stereocenters. The second kappa shape index (κ2) is 7.16. The first-order valence-electron chi connectivity index (χ1n) is 10.1. The van der Waals surface area contributed by atoms with Crippen LogP contribution in [-0.2, 0) is 4.79 Å². The number of carbonyl (C=O) groups excluding carboxylic acids is 3. The molecule has 1 aromatic carbocycles. The Morgan fingerprint density at radius 1 is 1.04 bits per heavy atom. The predicted octanol–water partition coefficient (Wildman–Crippen LogP) is 3.71. The first kappa shape index (κ1) is 18.3.